The summed E-state index contributed by atoms with van der Waals surface area (Å²) in [6, 6.07) is 91.4. The van der Waals surface area contributed by atoms with Crippen LogP contribution in [0.2, 0.25) is 0 Å². The van der Waals surface area contributed by atoms with Gasteiger partial charge in [0.05, 0.1) is 5.41 Å². The van der Waals surface area contributed by atoms with E-state index in [1.54, 1.807) is 0 Å². The monoisotopic (exact) mass is 844 g/mol. The van der Waals surface area contributed by atoms with Crippen LogP contribution in [0.5, 0.6) is 0 Å². The summed E-state index contributed by atoms with van der Waals surface area (Å²) >= 11 is 0. The summed E-state index contributed by atoms with van der Waals surface area (Å²) < 4.78 is 0. The van der Waals surface area contributed by atoms with Gasteiger partial charge >= 0.3 is 0 Å². The third-order valence-corrected chi connectivity index (χ3v) is 15.4. The Kier molecular flexibility index (Phi) is 7.52. The average Bonchev–Trinajstić information content (AvgIpc) is 3.88. The molecule has 0 saturated carbocycles. The summed E-state index contributed by atoms with van der Waals surface area (Å²) in [6.45, 7) is 0. The molecule has 15 rings (SSSR count). The van der Waals surface area contributed by atoms with E-state index >= 15 is 0 Å². The maximum absolute atomic E-state index is 2.52. The first kappa shape index (κ1) is 36.7. The van der Waals surface area contributed by atoms with Crippen molar-refractivity contribution in [1.29, 1.82) is 0 Å². The Hall–Kier alpha value is -8.58. The highest BCUT2D eigenvalue weighted by Crippen LogP contribution is 2.66. The van der Waals surface area contributed by atoms with Gasteiger partial charge in [-0.2, -0.15) is 0 Å². The van der Waals surface area contributed by atoms with Gasteiger partial charge in [0.2, 0.25) is 0 Å². The predicted molar refractivity (Wildman–Crippen MR) is 284 cm³/mol. The molecule has 0 heteroatoms. The fourth-order valence-corrected chi connectivity index (χ4v) is 12.8. The van der Waals surface area contributed by atoms with Crippen LogP contribution in [0.25, 0.3) is 120 Å². The first-order valence-electron chi connectivity index (χ1n) is 23.5. The molecular weight excluding hydrogens is 805 g/mol. The Morgan fingerprint density at radius 3 is 1.30 bits per heavy atom. The lowest BCUT2D eigenvalue weighted by molar-refractivity contribution is 0.809. The second-order valence-electron chi connectivity index (χ2n) is 18.6. The van der Waals surface area contributed by atoms with Crippen LogP contribution in [0.15, 0.2) is 243 Å². The molecule has 2 aliphatic rings. The molecule has 0 amide bonds. The standard InChI is InChI=1S/C67H40/c1-3-19-46-41(16-1)18-15-29-47(46)43-32-34-44(35-33-43)62-53-25-7-9-27-55(53)63(56-28-10-8-26-54(56)62)45-37-38-57-59(40-45)49-21-5-6-24-52(49)64-58-39-36-42-17-2-4-20-48(42)65(58)67(66(57)64)60-30-13-11-22-50(60)51-23-12-14-31-61(51)67/h1-40H. The van der Waals surface area contributed by atoms with Gasteiger partial charge in [0.1, 0.15) is 0 Å². The molecule has 0 saturated heterocycles. The second-order valence-corrected chi connectivity index (χ2v) is 18.6. The molecule has 1 spiro atoms. The summed E-state index contributed by atoms with van der Waals surface area (Å²) in [4.78, 5) is 0. The molecule has 13 aromatic rings. The van der Waals surface area contributed by atoms with E-state index in [1.807, 2.05) is 0 Å². The van der Waals surface area contributed by atoms with Crippen molar-refractivity contribution in [2.75, 3.05) is 0 Å². The van der Waals surface area contributed by atoms with E-state index < -0.39 is 5.41 Å². The molecule has 0 bridgehead atoms. The van der Waals surface area contributed by atoms with Gasteiger partial charge < -0.3 is 0 Å². The topological polar surface area (TPSA) is 0 Å². The minimum absolute atomic E-state index is 0.507. The molecule has 0 aromatic heterocycles. The Bertz CT molecular complexity index is 4150. The zero-order valence-corrected chi connectivity index (χ0v) is 36.6. The van der Waals surface area contributed by atoms with Crippen LogP contribution in [0, 0.1) is 0 Å². The predicted octanol–water partition coefficient (Wildman–Crippen LogP) is 18.0. The fraction of sp³-hybridized carbons (Fsp3) is 0.0149. The van der Waals surface area contributed by atoms with E-state index in [4.69, 9.17) is 0 Å². The lowest BCUT2D eigenvalue weighted by Crippen LogP contribution is -2.26. The molecule has 0 heterocycles. The van der Waals surface area contributed by atoms with Gasteiger partial charge in [-0.05, 0) is 149 Å². The fourth-order valence-electron chi connectivity index (χ4n) is 12.8. The van der Waals surface area contributed by atoms with Crippen LogP contribution in [0.1, 0.15) is 22.3 Å². The molecule has 0 N–H and O–H groups in total. The number of fused-ring (bicyclic) bond motifs is 20. The molecule has 0 nitrogen and oxygen atoms in total. The van der Waals surface area contributed by atoms with Crippen molar-refractivity contribution >= 4 is 64.6 Å². The molecule has 0 unspecified atom stereocenters. The number of hydrogen-bond acceptors (Lipinski definition) is 0. The van der Waals surface area contributed by atoms with Crippen molar-refractivity contribution in [2.24, 2.45) is 0 Å². The Balaban J connectivity index is 1.01. The second kappa shape index (κ2) is 13.7. The summed E-state index contributed by atoms with van der Waals surface area (Å²) in [5.41, 5.74) is 17.8. The number of rotatable bonds is 3. The minimum Gasteiger partial charge on any atom is -0.0619 e. The quantitative estimate of drug-likeness (QED) is 0.123. The Labute approximate surface area is 388 Å². The van der Waals surface area contributed by atoms with Crippen LogP contribution in [-0.2, 0) is 5.41 Å². The van der Waals surface area contributed by atoms with Crippen LogP contribution in [-0.4, -0.2) is 0 Å². The van der Waals surface area contributed by atoms with Crippen LogP contribution >= 0.6 is 0 Å². The van der Waals surface area contributed by atoms with Crippen molar-refractivity contribution < 1.29 is 0 Å². The normalized spacial score (nSPS) is 13.2. The van der Waals surface area contributed by atoms with Gasteiger partial charge in [0.15, 0.2) is 0 Å². The third kappa shape index (κ3) is 4.86. The van der Waals surface area contributed by atoms with Gasteiger partial charge in [-0.1, -0.05) is 237 Å². The summed E-state index contributed by atoms with van der Waals surface area (Å²) in [6.07, 6.45) is 0. The van der Waals surface area contributed by atoms with Crippen LogP contribution < -0.4 is 0 Å². The van der Waals surface area contributed by atoms with E-state index in [0.717, 1.165) is 0 Å². The number of benzene rings is 13. The molecule has 13 aromatic carbocycles. The summed E-state index contributed by atoms with van der Waals surface area (Å²) in [5, 5.41) is 15.3. The summed E-state index contributed by atoms with van der Waals surface area (Å²) in [5.74, 6) is 0. The van der Waals surface area contributed by atoms with Gasteiger partial charge in [-0.25, -0.2) is 0 Å². The lowest BCUT2D eigenvalue weighted by Gasteiger charge is -2.32. The van der Waals surface area contributed by atoms with Crippen molar-refractivity contribution in [1.82, 2.24) is 0 Å². The summed E-state index contributed by atoms with van der Waals surface area (Å²) in [7, 11) is 0. The molecule has 2 aliphatic carbocycles. The van der Waals surface area contributed by atoms with Crippen LogP contribution in [0.4, 0.5) is 0 Å². The lowest BCUT2D eigenvalue weighted by atomic mass is 9.68. The molecular formula is C67H40. The maximum atomic E-state index is 2.52. The molecule has 0 fully saturated rings. The molecule has 0 aliphatic heterocycles. The van der Waals surface area contributed by atoms with E-state index in [-0.39, 0.29) is 0 Å². The van der Waals surface area contributed by atoms with Crippen molar-refractivity contribution in [2.45, 2.75) is 5.41 Å². The molecule has 0 atom stereocenters. The van der Waals surface area contributed by atoms with Gasteiger partial charge in [0, 0.05) is 0 Å². The molecule has 67 heavy (non-hydrogen) atoms. The highest BCUT2D eigenvalue weighted by atomic mass is 14.5. The van der Waals surface area contributed by atoms with Crippen LogP contribution in [0.3, 0.4) is 0 Å². The zero-order valence-electron chi connectivity index (χ0n) is 36.6. The zero-order chi connectivity index (χ0) is 43.8. The Morgan fingerprint density at radius 1 is 0.209 bits per heavy atom. The number of hydrogen-bond donors (Lipinski definition) is 0. The van der Waals surface area contributed by atoms with Crippen molar-refractivity contribution in [3.8, 4) is 55.6 Å². The molecule has 0 radical (unpaired) electrons. The highest BCUT2D eigenvalue weighted by Gasteiger charge is 2.53. The van der Waals surface area contributed by atoms with Gasteiger partial charge in [-0.15, -0.1) is 0 Å². The largest absolute Gasteiger partial charge is 0.0737 e. The maximum Gasteiger partial charge on any atom is 0.0737 e. The minimum atomic E-state index is -0.507. The van der Waals surface area contributed by atoms with Crippen molar-refractivity contribution in [3.63, 3.8) is 0 Å². The van der Waals surface area contributed by atoms with Gasteiger partial charge in [-0.3, -0.25) is 0 Å². The molecule has 308 valence electrons. The first-order valence-corrected chi connectivity index (χ1v) is 23.5. The van der Waals surface area contributed by atoms with E-state index in [1.165, 1.54) is 143 Å². The Morgan fingerprint density at radius 2 is 0.657 bits per heavy atom. The van der Waals surface area contributed by atoms with E-state index in [2.05, 4.69) is 243 Å². The average molecular weight is 845 g/mol. The van der Waals surface area contributed by atoms with Gasteiger partial charge in [0.25, 0.3) is 0 Å². The van der Waals surface area contributed by atoms with Crippen molar-refractivity contribution in [3.05, 3.63) is 265 Å². The SMILES string of the molecule is c1ccc2c(c1)-c1ccccc1C21c2c(ccc3ccccc23)-c2c1c1ccc(-c3c4ccccc4c(-c4ccc(-c5cccc6ccccc56)cc4)c4ccccc34)cc1c1ccccc21. The highest BCUT2D eigenvalue weighted by molar-refractivity contribution is 6.25. The third-order valence-electron chi connectivity index (χ3n) is 15.4. The van der Waals surface area contributed by atoms with E-state index in [9.17, 15) is 0 Å². The van der Waals surface area contributed by atoms with E-state index in [0.29, 0.717) is 0 Å². The first-order chi connectivity index (χ1) is 33.3. The smallest absolute Gasteiger partial charge is 0.0619 e.